The van der Waals surface area contributed by atoms with Crippen LogP contribution in [-0.4, -0.2) is 17.5 Å². The highest BCUT2D eigenvalue weighted by Gasteiger charge is 2.06. The van der Waals surface area contributed by atoms with Crippen molar-refractivity contribution in [2.75, 3.05) is 17.6 Å². The van der Waals surface area contributed by atoms with Crippen LogP contribution in [-0.2, 0) is 0 Å². The highest BCUT2D eigenvalue weighted by Crippen LogP contribution is 2.18. The van der Waals surface area contributed by atoms with Gasteiger partial charge in [0.25, 0.3) is 0 Å². The summed E-state index contributed by atoms with van der Waals surface area (Å²) in [6.45, 7) is 7.66. The zero-order valence-electron chi connectivity index (χ0n) is 10.2. The normalized spacial score (nSPS) is 12.8. The molecule has 1 atom stereocenters. The SMILES string of the molecule is CC(C)C(C)SCCNc1ccc(F)cc1. The lowest BCUT2D eigenvalue weighted by Gasteiger charge is -2.15. The topological polar surface area (TPSA) is 12.0 Å². The van der Waals surface area contributed by atoms with Gasteiger partial charge in [-0.2, -0.15) is 11.8 Å². The summed E-state index contributed by atoms with van der Waals surface area (Å²) in [6.07, 6.45) is 0. The van der Waals surface area contributed by atoms with Gasteiger partial charge in [0.1, 0.15) is 5.82 Å². The Morgan fingerprint density at radius 3 is 2.38 bits per heavy atom. The first kappa shape index (κ1) is 13.4. The van der Waals surface area contributed by atoms with Crippen molar-refractivity contribution in [1.29, 1.82) is 0 Å². The Balaban J connectivity index is 2.18. The van der Waals surface area contributed by atoms with Gasteiger partial charge in [-0.1, -0.05) is 20.8 Å². The lowest BCUT2D eigenvalue weighted by Crippen LogP contribution is -2.11. The molecule has 1 aromatic rings. The summed E-state index contributed by atoms with van der Waals surface area (Å²) in [7, 11) is 0. The van der Waals surface area contributed by atoms with E-state index in [1.54, 1.807) is 12.1 Å². The number of rotatable bonds is 6. The number of thioether (sulfide) groups is 1. The van der Waals surface area contributed by atoms with Crippen molar-refractivity contribution in [1.82, 2.24) is 0 Å². The van der Waals surface area contributed by atoms with Crippen molar-refractivity contribution in [3.63, 3.8) is 0 Å². The largest absolute Gasteiger partial charge is 0.384 e. The van der Waals surface area contributed by atoms with Crippen LogP contribution >= 0.6 is 11.8 Å². The van der Waals surface area contributed by atoms with Crippen molar-refractivity contribution in [3.05, 3.63) is 30.1 Å². The van der Waals surface area contributed by atoms with Crippen LogP contribution in [0.5, 0.6) is 0 Å². The maximum atomic E-state index is 12.6. The molecule has 16 heavy (non-hydrogen) atoms. The van der Waals surface area contributed by atoms with Crippen LogP contribution in [0.4, 0.5) is 10.1 Å². The van der Waals surface area contributed by atoms with Gasteiger partial charge in [0.2, 0.25) is 0 Å². The Morgan fingerprint density at radius 1 is 1.19 bits per heavy atom. The molecule has 0 heterocycles. The molecule has 1 unspecified atom stereocenters. The molecule has 0 radical (unpaired) electrons. The number of hydrogen-bond acceptors (Lipinski definition) is 2. The molecule has 0 aliphatic rings. The van der Waals surface area contributed by atoms with Crippen LogP contribution in [0.25, 0.3) is 0 Å². The van der Waals surface area contributed by atoms with Crippen LogP contribution < -0.4 is 5.32 Å². The van der Waals surface area contributed by atoms with E-state index in [1.807, 2.05) is 11.8 Å². The van der Waals surface area contributed by atoms with Gasteiger partial charge < -0.3 is 5.32 Å². The summed E-state index contributed by atoms with van der Waals surface area (Å²) < 4.78 is 12.6. The molecule has 0 fully saturated rings. The third-order valence-electron chi connectivity index (χ3n) is 2.59. The van der Waals surface area contributed by atoms with Crippen LogP contribution in [0.2, 0.25) is 0 Å². The second kappa shape index (κ2) is 6.79. The van der Waals surface area contributed by atoms with Crippen molar-refractivity contribution in [2.24, 2.45) is 5.92 Å². The van der Waals surface area contributed by atoms with Crippen molar-refractivity contribution >= 4 is 17.4 Å². The number of benzene rings is 1. The van der Waals surface area contributed by atoms with Gasteiger partial charge >= 0.3 is 0 Å². The fraction of sp³-hybridized carbons (Fsp3) is 0.538. The minimum Gasteiger partial charge on any atom is -0.384 e. The van der Waals surface area contributed by atoms with Crippen LogP contribution in [0, 0.1) is 11.7 Å². The molecule has 0 amide bonds. The lowest BCUT2D eigenvalue weighted by molar-refractivity contribution is 0.628. The molecule has 1 N–H and O–H groups in total. The van der Waals surface area contributed by atoms with Crippen LogP contribution in [0.1, 0.15) is 20.8 Å². The zero-order chi connectivity index (χ0) is 12.0. The summed E-state index contributed by atoms with van der Waals surface area (Å²) in [4.78, 5) is 0. The predicted octanol–water partition coefficient (Wildman–Crippen LogP) is 4.02. The van der Waals surface area contributed by atoms with E-state index in [0.29, 0.717) is 5.25 Å². The summed E-state index contributed by atoms with van der Waals surface area (Å²) in [5, 5.41) is 3.97. The Kier molecular flexibility index (Phi) is 5.67. The zero-order valence-corrected chi connectivity index (χ0v) is 11.0. The van der Waals surface area contributed by atoms with Gasteiger partial charge in [0.15, 0.2) is 0 Å². The summed E-state index contributed by atoms with van der Waals surface area (Å²) in [5.41, 5.74) is 0.985. The van der Waals surface area contributed by atoms with Gasteiger partial charge in [-0.15, -0.1) is 0 Å². The van der Waals surface area contributed by atoms with Crippen molar-refractivity contribution in [3.8, 4) is 0 Å². The standard InChI is InChI=1S/C13H20FNS/c1-10(2)11(3)16-9-8-15-13-6-4-12(14)5-7-13/h4-7,10-11,15H,8-9H2,1-3H3. The van der Waals surface area contributed by atoms with Gasteiger partial charge in [0.05, 0.1) is 0 Å². The maximum Gasteiger partial charge on any atom is 0.123 e. The summed E-state index contributed by atoms with van der Waals surface area (Å²) in [5.74, 6) is 1.61. The number of hydrogen-bond donors (Lipinski definition) is 1. The Morgan fingerprint density at radius 2 is 1.81 bits per heavy atom. The predicted molar refractivity (Wildman–Crippen MR) is 71.6 cm³/mol. The average Bonchev–Trinajstić information content (AvgIpc) is 2.26. The highest BCUT2D eigenvalue weighted by molar-refractivity contribution is 7.99. The smallest absolute Gasteiger partial charge is 0.123 e. The second-order valence-corrected chi connectivity index (χ2v) is 5.74. The maximum absolute atomic E-state index is 12.6. The Bertz CT molecular complexity index is 297. The molecule has 0 spiro atoms. The third kappa shape index (κ3) is 4.88. The molecule has 90 valence electrons. The van der Waals surface area contributed by atoms with E-state index in [-0.39, 0.29) is 5.82 Å². The van der Waals surface area contributed by atoms with Crippen LogP contribution in [0.15, 0.2) is 24.3 Å². The van der Waals surface area contributed by atoms with Gasteiger partial charge in [-0.05, 0) is 30.2 Å². The van der Waals surface area contributed by atoms with Crippen molar-refractivity contribution in [2.45, 2.75) is 26.0 Å². The second-order valence-electron chi connectivity index (χ2n) is 4.25. The van der Waals surface area contributed by atoms with E-state index in [4.69, 9.17) is 0 Å². The monoisotopic (exact) mass is 241 g/mol. The average molecular weight is 241 g/mol. The molecule has 0 saturated heterocycles. The number of anilines is 1. The van der Waals surface area contributed by atoms with Gasteiger partial charge in [-0.3, -0.25) is 0 Å². The molecule has 0 bridgehead atoms. The molecule has 0 saturated carbocycles. The molecule has 0 aliphatic carbocycles. The Labute approximate surface area is 102 Å². The van der Waals surface area contributed by atoms with Crippen LogP contribution in [0.3, 0.4) is 0 Å². The molecule has 0 aromatic heterocycles. The van der Waals surface area contributed by atoms with E-state index in [9.17, 15) is 4.39 Å². The van der Waals surface area contributed by atoms with E-state index in [1.165, 1.54) is 12.1 Å². The van der Waals surface area contributed by atoms with Gasteiger partial charge in [0, 0.05) is 23.2 Å². The fourth-order valence-electron chi connectivity index (χ4n) is 1.20. The Hall–Kier alpha value is -0.700. The van der Waals surface area contributed by atoms with Crippen molar-refractivity contribution < 1.29 is 4.39 Å². The lowest BCUT2D eigenvalue weighted by atomic mass is 10.2. The first-order valence-electron chi connectivity index (χ1n) is 5.70. The summed E-state index contributed by atoms with van der Waals surface area (Å²) >= 11 is 1.97. The number of nitrogens with one attached hydrogen (secondary N) is 1. The van der Waals surface area contributed by atoms with E-state index in [2.05, 4.69) is 26.1 Å². The molecule has 1 nitrogen and oxygen atoms in total. The number of halogens is 1. The molecule has 0 aliphatic heterocycles. The molecule has 1 aromatic carbocycles. The minimum atomic E-state index is -0.187. The van der Waals surface area contributed by atoms with E-state index < -0.39 is 0 Å². The quantitative estimate of drug-likeness (QED) is 0.755. The molecule has 3 heteroatoms. The highest BCUT2D eigenvalue weighted by atomic mass is 32.2. The molecular formula is C13H20FNS. The molecular weight excluding hydrogens is 221 g/mol. The molecule has 1 rings (SSSR count). The van der Waals surface area contributed by atoms with E-state index >= 15 is 0 Å². The van der Waals surface area contributed by atoms with Gasteiger partial charge in [-0.25, -0.2) is 4.39 Å². The fourth-order valence-corrected chi connectivity index (χ4v) is 2.18. The first-order valence-corrected chi connectivity index (χ1v) is 6.75. The summed E-state index contributed by atoms with van der Waals surface area (Å²) in [6, 6.07) is 6.50. The minimum absolute atomic E-state index is 0.187. The first-order chi connectivity index (χ1) is 7.59. The third-order valence-corrected chi connectivity index (χ3v) is 4.10. The van der Waals surface area contributed by atoms with E-state index in [0.717, 1.165) is 23.9 Å².